The summed E-state index contributed by atoms with van der Waals surface area (Å²) in [5, 5.41) is 11.2. The van der Waals surface area contributed by atoms with Crippen molar-refractivity contribution in [1.29, 1.82) is 0 Å². The summed E-state index contributed by atoms with van der Waals surface area (Å²) in [4.78, 5) is 4.45. The number of halogens is 4. The van der Waals surface area contributed by atoms with Crippen LogP contribution in [0.15, 0.2) is 41.6 Å². The summed E-state index contributed by atoms with van der Waals surface area (Å²) in [5.41, 5.74) is 1.44. The molecule has 1 aliphatic heterocycles. The van der Waals surface area contributed by atoms with E-state index in [9.17, 15) is 17.6 Å². The highest BCUT2D eigenvalue weighted by Crippen LogP contribution is 2.34. The van der Waals surface area contributed by atoms with Crippen molar-refractivity contribution in [3.05, 3.63) is 53.3 Å². The van der Waals surface area contributed by atoms with E-state index in [1.807, 2.05) is 13.8 Å². The van der Waals surface area contributed by atoms with E-state index in [1.54, 1.807) is 22.8 Å². The van der Waals surface area contributed by atoms with Crippen LogP contribution in [-0.4, -0.2) is 39.1 Å². The van der Waals surface area contributed by atoms with Crippen LogP contribution in [0.2, 0.25) is 0 Å². The molecule has 1 saturated heterocycles. The molecule has 1 fully saturated rings. The van der Waals surface area contributed by atoms with Gasteiger partial charge in [-0.15, -0.1) is 0 Å². The Balaban J connectivity index is 1.67. The summed E-state index contributed by atoms with van der Waals surface area (Å²) < 4.78 is 56.2. The first-order valence-electron chi connectivity index (χ1n) is 10.5. The minimum absolute atomic E-state index is 0.0254. The second kappa shape index (κ2) is 9.27. The number of fused-ring (bicyclic) bond motifs is 1. The molecule has 4 rings (SSSR count). The molecule has 0 spiro atoms. The van der Waals surface area contributed by atoms with E-state index in [4.69, 9.17) is 0 Å². The molecule has 0 amide bonds. The number of imidazole rings is 1. The smallest absolute Gasteiger partial charge is 0.378 e. The zero-order chi connectivity index (χ0) is 22.9. The van der Waals surface area contributed by atoms with Crippen molar-refractivity contribution in [3.8, 4) is 0 Å². The molecule has 32 heavy (non-hydrogen) atoms. The van der Waals surface area contributed by atoms with Crippen LogP contribution >= 0.6 is 11.8 Å². The van der Waals surface area contributed by atoms with E-state index in [2.05, 4.69) is 20.7 Å². The second-order valence-electron chi connectivity index (χ2n) is 8.14. The van der Waals surface area contributed by atoms with Gasteiger partial charge in [0, 0.05) is 18.3 Å². The third-order valence-electron chi connectivity index (χ3n) is 5.48. The third kappa shape index (κ3) is 4.85. The van der Waals surface area contributed by atoms with E-state index in [0.717, 1.165) is 18.3 Å². The topological polar surface area (TPSA) is 54.2 Å². The average molecular weight is 468 g/mol. The second-order valence-corrected chi connectivity index (χ2v) is 9.40. The van der Waals surface area contributed by atoms with Crippen LogP contribution < -0.4 is 10.6 Å². The fourth-order valence-electron chi connectivity index (χ4n) is 3.77. The lowest BCUT2D eigenvalue weighted by molar-refractivity contribution is -0.138. The van der Waals surface area contributed by atoms with Gasteiger partial charge in [-0.1, -0.05) is 43.8 Å². The van der Waals surface area contributed by atoms with E-state index in [0.29, 0.717) is 29.3 Å². The quantitative estimate of drug-likeness (QED) is 0.484. The highest BCUT2D eigenvalue weighted by molar-refractivity contribution is 7.99. The molecule has 2 N–H and O–H groups in total. The lowest BCUT2D eigenvalue weighted by Gasteiger charge is -2.26. The molecule has 2 unspecified atom stereocenters. The Bertz CT molecular complexity index is 1080. The summed E-state index contributed by atoms with van der Waals surface area (Å²) in [7, 11) is 0. The maximum atomic E-state index is 14.4. The summed E-state index contributed by atoms with van der Waals surface area (Å²) in [5.74, 6) is 0.143. The van der Waals surface area contributed by atoms with Gasteiger partial charge < -0.3 is 10.6 Å². The maximum absolute atomic E-state index is 14.4. The van der Waals surface area contributed by atoms with Crippen molar-refractivity contribution < 1.29 is 17.6 Å². The molecule has 5 nitrogen and oxygen atoms in total. The molecule has 1 aliphatic rings. The van der Waals surface area contributed by atoms with Crippen molar-refractivity contribution in [2.75, 3.05) is 18.4 Å². The van der Waals surface area contributed by atoms with Crippen LogP contribution in [-0.2, 0) is 12.7 Å². The average Bonchev–Trinajstić information content (AvgIpc) is 3.18. The Morgan fingerprint density at radius 3 is 2.78 bits per heavy atom. The number of hydrogen-bond acceptors (Lipinski definition) is 5. The van der Waals surface area contributed by atoms with Crippen LogP contribution in [0, 0.1) is 0 Å². The molecular formula is C22H25F4N5S. The van der Waals surface area contributed by atoms with Gasteiger partial charge >= 0.3 is 6.18 Å². The van der Waals surface area contributed by atoms with Crippen LogP contribution in [0.1, 0.15) is 43.0 Å². The SMILES string of the molecule is CC(C)c1cnc2c(NCc3ccccc3C(F)(F)F)cc(SC3CCNCC3F)nn12. The van der Waals surface area contributed by atoms with Crippen molar-refractivity contribution in [1.82, 2.24) is 19.9 Å². The molecule has 2 aromatic heterocycles. The van der Waals surface area contributed by atoms with Gasteiger partial charge in [0.1, 0.15) is 11.2 Å². The van der Waals surface area contributed by atoms with E-state index in [-0.39, 0.29) is 23.3 Å². The minimum atomic E-state index is -4.43. The van der Waals surface area contributed by atoms with Crippen molar-refractivity contribution in [2.24, 2.45) is 0 Å². The Labute approximate surface area is 188 Å². The standard InChI is InChI=1S/C22H25F4N5S/c1-13(2)18-12-29-21-17(28-10-14-5-3-4-6-15(14)22(24,25)26)9-20(30-31(18)21)32-19-7-8-27-11-16(19)23/h3-6,9,12-13,16,19,27-28H,7-8,10-11H2,1-2H3. The largest absolute Gasteiger partial charge is 0.416 e. The number of piperidine rings is 1. The number of aromatic nitrogens is 3. The van der Waals surface area contributed by atoms with Gasteiger partial charge in [-0.3, -0.25) is 0 Å². The van der Waals surface area contributed by atoms with Gasteiger partial charge in [0.2, 0.25) is 0 Å². The number of nitrogens with zero attached hydrogens (tertiary/aromatic N) is 3. The third-order valence-corrected chi connectivity index (χ3v) is 6.75. The molecule has 1 aromatic carbocycles. The molecule has 0 radical (unpaired) electrons. The normalized spacial score (nSPS) is 19.6. The zero-order valence-electron chi connectivity index (χ0n) is 17.8. The van der Waals surface area contributed by atoms with Gasteiger partial charge in [-0.25, -0.2) is 13.9 Å². The number of anilines is 1. The van der Waals surface area contributed by atoms with E-state index < -0.39 is 17.9 Å². The monoisotopic (exact) mass is 467 g/mol. The molecule has 0 saturated carbocycles. The highest BCUT2D eigenvalue weighted by atomic mass is 32.2. The molecule has 2 atom stereocenters. The van der Waals surface area contributed by atoms with Gasteiger partial charge in [0.25, 0.3) is 0 Å². The van der Waals surface area contributed by atoms with Crippen LogP contribution in [0.3, 0.4) is 0 Å². The maximum Gasteiger partial charge on any atom is 0.416 e. The lowest BCUT2D eigenvalue weighted by Crippen LogP contribution is -2.39. The Hall–Kier alpha value is -2.33. The number of hydrogen-bond donors (Lipinski definition) is 2. The Kier molecular flexibility index (Phi) is 6.62. The molecule has 3 aromatic rings. The zero-order valence-corrected chi connectivity index (χ0v) is 18.6. The first-order valence-corrected chi connectivity index (χ1v) is 11.4. The number of thioether (sulfide) groups is 1. The summed E-state index contributed by atoms with van der Waals surface area (Å²) in [6.07, 6.45) is -3.03. The minimum Gasteiger partial charge on any atom is -0.378 e. The molecule has 3 heterocycles. The van der Waals surface area contributed by atoms with Crippen molar-refractivity contribution in [3.63, 3.8) is 0 Å². The molecule has 10 heteroatoms. The van der Waals surface area contributed by atoms with Gasteiger partial charge in [-0.05, 0) is 36.6 Å². The summed E-state index contributed by atoms with van der Waals surface area (Å²) >= 11 is 1.36. The Morgan fingerprint density at radius 1 is 1.28 bits per heavy atom. The lowest BCUT2D eigenvalue weighted by atomic mass is 10.1. The molecule has 172 valence electrons. The van der Waals surface area contributed by atoms with E-state index in [1.165, 1.54) is 23.9 Å². The fourth-order valence-corrected chi connectivity index (χ4v) is 4.87. The van der Waals surface area contributed by atoms with E-state index >= 15 is 0 Å². The van der Waals surface area contributed by atoms with Crippen molar-refractivity contribution in [2.45, 2.75) is 55.4 Å². The highest BCUT2D eigenvalue weighted by Gasteiger charge is 2.33. The number of alkyl halides is 4. The van der Waals surface area contributed by atoms with Gasteiger partial charge in [0.05, 0.1) is 23.1 Å². The first kappa shape index (κ1) is 22.8. The molecular weight excluding hydrogens is 442 g/mol. The van der Waals surface area contributed by atoms with Crippen LogP contribution in [0.5, 0.6) is 0 Å². The van der Waals surface area contributed by atoms with Crippen molar-refractivity contribution >= 4 is 23.1 Å². The summed E-state index contributed by atoms with van der Waals surface area (Å²) in [6.45, 7) is 5.05. The Morgan fingerprint density at radius 2 is 2.06 bits per heavy atom. The first-order chi connectivity index (χ1) is 15.2. The molecule has 0 aliphatic carbocycles. The molecule has 0 bridgehead atoms. The van der Waals surface area contributed by atoms with Crippen LogP contribution in [0.4, 0.5) is 23.2 Å². The fraction of sp³-hybridized carbons (Fsp3) is 0.455. The predicted octanol–water partition coefficient (Wildman–Crippen LogP) is 5.28. The number of rotatable bonds is 6. The predicted molar refractivity (Wildman–Crippen MR) is 118 cm³/mol. The van der Waals surface area contributed by atoms with Gasteiger partial charge in [-0.2, -0.15) is 18.3 Å². The van der Waals surface area contributed by atoms with Gasteiger partial charge in [0.15, 0.2) is 5.65 Å². The number of benzene rings is 1. The number of nitrogens with one attached hydrogen (secondary N) is 2. The van der Waals surface area contributed by atoms with Crippen LogP contribution in [0.25, 0.3) is 5.65 Å². The summed E-state index contributed by atoms with van der Waals surface area (Å²) in [6, 6.07) is 7.24.